The number of carboxylic acid groups (broad SMARTS) is 1. The molecule has 182 valence electrons. The van der Waals surface area contributed by atoms with Crippen molar-refractivity contribution in [3.05, 3.63) is 89.6 Å². The average molecular weight is 481 g/mol. The summed E-state index contributed by atoms with van der Waals surface area (Å²) < 4.78 is 7.42. The summed E-state index contributed by atoms with van der Waals surface area (Å²) >= 11 is 0. The summed E-state index contributed by atoms with van der Waals surface area (Å²) in [6.07, 6.45) is 1.79. The molecule has 7 heteroatoms. The summed E-state index contributed by atoms with van der Waals surface area (Å²) in [6, 6.07) is 19.7. The third kappa shape index (κ3) is 3.86. The minimum atomic E-state index is -0.975. The lowest BCUT2D eigenvalue weighted by molar-refractivity contribution is -0.142. The first-order chi connectivity index (χ1) is 17.2. The van der Waals surface area contributed by atoms with Crippen molar-refractivity contribution in [1.29, 1.82) is 0 Å². The largest absolute Gasteiger partial charge is 0.481 e. The van der Waals surface area contributed by atoms with Gasteiger partial charge in [-0.25, -0.2) is 0 Å². The van der Waals surface area contributed by atoms with E-state index in [-0.39, 0.29) is 6.04 Å². The van der Waals surface area contributed by atoms with Gasteiger partial charge in [-0.3, -0.25) is 14.5 Å². The molecule has 36 heavy (non-hydrogen) atoms. The molecule has 2 aromatic carbocycles. The second kappa shape index (κ2) is 8.75. The average Bonchev–Trinajstić information content (AvgIpc) is 3.43. The molecule has 1 N–H and O–H groups in total. The lowest BCUT2D eigenvalue weighted by Crippen LogP contribution is -2.28. The van der Waals surface area contributed by atoms with Crippen LogP contribution in [0.4, 0.5) is 0 Å². The third-order valence-corrected chi connectivity index (χ3v) is 6.93. The molecule has 0 bridgehead atoms. The van der Waals surface area contributed by atoms with Crippen LogP contribution in [0.5, 0.6) is 0 Å². The summed E-state index contributed by atoms with van der Waals surface area (Å²) in [6.45, 7) is 9.35. The normalized spacial score (nSPS) is 12.7. The molecule has 1 atom stereocenters. The molecule has 0 spiro atoms. The number of benzene rings is 2. The van der Waals surface area contributed by atoms with Crippen molar-refractivity contribution >= 4 is 16.9 Å². The van der Waals surface area contributed by atoms with E-state index in [1.165, 1.54) is 0 Å². The Morgan fingerprint density at radius 1 is 1.03 bits per heavy atom. The van der Waals surface area contributed by atoms with Gasteiger partial charge in [-0.05, 0) is 70.0 Å². The molecular formula is C29H28N4O3. The SMILES string of the molecule is Cc1noc(C)c1-c1ccc2c(-c3ccc(C(C)(C)C(=O)O)cc3)nn([C@@H](C)c3ccccn3)c2c1. The van der Waals surface area contributed by atoms with E-state index in [2.05, 4.69) is 35.3 Å². The number of aryl methyl sites for hydroxylation is 2. The van der Waals surface area contributed by atoms with Crippen molar-refractivity contribution in [3.8, 4) is 22.4 Å². The minimum absolute atomic E-state index is 0.104. The maximum Gasteiger partial charge on any atom is 0.313 e. The topological polar surface area (TPSA) is 94.0 Å². The number of fused-ring (bicyclic) bond motifs is 1. The number of hydrogen-bond donors (Lipinski definition) is 1. The Morgan fingerprint density at radius 2 is 1.75 bits per heavy atom. The van der Waals surface area contributed by atoms with E-state index < -0.39 is 11.4 Å². The fourth-order valence-electron chi connectivity index (χ4n) is 4.61. The summed E-state index contributed by atoms with van der Waals surface area (Å²) in [5.74, 6) is -0.0893. The summed E-state index contributed by atoms with van der Waals surface area (Å²) in [4.78, 5) is 16.3. The van der Waals surface area contributed by atoms with Gasteiger partial charge in [0.1, 0.15) is 11.5 Å². The Kier molecular flexibility index (Phi) is 5.71. The van der Waals surface area contributed by atoms with E-state index in [9.17, 15) is 9.90 Å². The quantitative estimate of drug-likeness (QED) is 0.305. The van der Waals surface area contributed by atoms with Gasteiger partial charge < -0.3 is 9.63 Å². The molecule has 0 aliphatic heterocycles. The second-order valence-electron chi connectivity index (χ2n) is 9.66. The zero-order valence-electron chi connectivity index (χ0n) is 21.0. The molecule has 5 aromatic rings. The highest BCUT2D eigenvalue weighted by Gasteiger charge is 2.29. The van der Waals surface area contributed by atoms with Gasteiger partial charge in [0.15, 0.2) is 0 Å². The van der Waals surface area contributed by atoms with Crippen LogP contribution in [0.2, 0.25) is 0 Å². The van der Waals surface area contributed by atoms with Crippen molar-refractivity contribution in [2.24, 2.45) is 0 Å². The highest BCUT2D eigenvalue weighted by Crippen LogP contribution is 2.36. The van der Waals surface area contributed by atoms with Crippen LogP contribution in [0.15, 0.2) is 71.4 Å². The summed E-state index contributed by atoms with van der Waals surface area (Å²) in [7, 11) is 0. The number of carboxylic acids is 1. The molecule has 0 saturated heterocycles. The van der Waals surface area contributed by atoms with Gasteiger partial charge in [-0.1, -0.05) is 41.6 Å². The number of rotatable bonds is 6. The fraction of sp³-hybridized carbons (Fsp3) is 0.241. The van der Waals surface area contributed by atoms with Gasteiger partial charge >= 0.3 is 5.97 Å². The van der Waals surface area contributed by atoms with E-state index in [0.717, 1.165) is 56.0 Å². The van der Waals surface area contributed by atoms with Crippen LogP contribution in [0.25, 0.3) is 33.3 Å². The minimum Gasteiger partial charge on any atom is -0.481 e. The van der Waals surface area contributed by atoms with Crippen molar-refractivity contribution in [2.75, 3.05) is 0 Å². The van der Waals surface area contributed by atoms with Gasteiger partial charge in [0, 0.05) is 22.7 Å². The van der Waals surface area contributed by atoms with Crippen LogP contribution >= 0.6 is 0 Å². The Labute approximate surface area is 209 Å². The summed E-state index contributed by atoms with van der Waals surface area (Å²) in [5.41, 5.74) is 6.23. The second-order valence-corrected chi connectivity index (χ2v) is 9.66. The van der Waals surface area contributed by atoms with Crippen LogP contribution in [0.3, 0.4) is 0 Å². The number of pyridine rings is 1. The van der Waals surface area contributed by atoms with Crippen LogP contribution in [0, 0.1) is 13.8 Å². The van der Waals surface area contributed by atoms with E-state index in [1.54, 1.807) is 20.0 Å². The van der Waals surface area contributed by atoms with Gasteiger partial charge in [0.05, 0.1) is 28.4 Å². The summed E-state index contributed by atoms with van der Waals surface area (Å²) in [5, 5.41) is 19.8. The molecular weight excluding hydrogens is 452 g/mol. The number of nitrogens with zero attached hydrogens (tertiary/aromatic N) is 4. The molecule has 0 saturated carbocycles. The fourth-order valence-corrected chi connectivity index (χ4v) is 4.61. The van der Waals surface area contributed by atoms with Gasteiger partial charge in [0.2, 0.25) is 0 Å². The van der Waals surface area contributed by atoms with E-state index in [4.69, 9.17) is 9.62 Å². The molecule has 0 aliphatic carbocycles. The molecule has 7 nitrogen and oxygen atoms in total. The number of aliphatic carboxylic acids is 1. The first-order valence-electron chi connectivity index (χ1n) is 11.9. The maximum atomic E-state index is 11.7. The molecule has 0 unspecified atom stereocenters. The third-order valence-electron chi connectivity index (χ3n) is 6.93. The zero-order valence-corrected chi connectivity index (χ0v) is 21.0. The molecule has 5 rings (SSSR count). The highest BCUT2D eigenvalue weighted by molar-refractivity contribution is 5.96. The lowest BCUT2D eigenvalue weighted by Gasteiger charge is -2.19. The molecule has 3 aromatic heterocycles. The van der Waals surface area contributed by atoms with Gasteiger partial charge in [-0.2, -0.15) is 5.10 Å². The highest BCUT2D eigenvalue weighted by atomic mass is 16.5. The van der Waals surface area contributed by atoms with Crippen LogP contribution in [-0.4, -0.2) is 31.0 Å². The first kappa shape index (κ1) is 23.5. The van der Waals surface area contributed by atoms with Crippen molar-refractivity contribution in [3.63, 3.8) is 0 Å². The van der Waals surface area contributed by atoms with Gasteiger partial charge in [0.25, 0.3) is 0 Å². The Morgan fingerprint density at radius 3 is 2.36 bits per heavy atom. The van der Waals surface area contributed by atoms with Crippen LogP contribution in [0.1, 0.15) is 49.5 Å². The molecule has 0 fully saturated rings. The molecule has 0 amide bonds. The van der Waals surface area contributed by atoms with E-state index in [1.807, 2.05) is 61.0 Å². The molecule has 0 aliphatic rings. The van der Waals surface area contributed by atoms with Gasteiger partial charge in [-0.15, -0.1) is 0 Å². The maximum absolute atomic E-state index is 11.7. The Bertz CT molecular complexity index is 1540. The predicted octanol–water partition coefficient (Wildman–Crippen LogP) is 6.34. The van der Waals surface area contributed by atoms with E-state index >= 15 is 0 Å². The Balaban J connectivity index is 1.69. The van der Waals surface area contributed by atoms with Crippen LogP contribution in [-0.2, 0) is 10.2 Å². The number of carbonyl (C=O) groups is 1. The standard InChI is InChI=1S/C29H28N4O3/c1-17-26(19(3)36-32-17)21-11-14-23-25(16-21)33(18(2)24-8-6-7-15-30-24)31-27(23)20-9-12-22(13-10-20)29(4,5)28(34)35/h6-16,18H,1-5H3,(H,34,35)/t18-/m0/s1. The van der Waals surface area contributed by atoms with E-state index in [0.29, 0.717) is 0 Å². The molecule has 0 radical (unpaired) electrons. The number of aromatic nitrogens is 4. The van der Waals surface area contributed by atoms with Crippen molar-refractivity contribution in [2.45, 2.75) is 46.1 Å². The lowest BCUT2D eigenvalue weighted by atomic mass is 9.84. The Hall–Kier alpha value is -4.26. The zero-order chi connectivity index (χ0) is 25.6. The number of hydrogen-bond acceptors (Lipinski definition) is 5. The van der Waals surface area contributed by atoms with Crippen LogP contribution < -0.4 is 0 Å². The predicted molar refractivity (Wildman–Crippen MR) is 139 cm³/mol. The van der Waals surface area contributed by atoms with Crippen molar-refractivity contribution < 1.29 is 14.4 Å². The van der Waals surface area contributed by atoms with Crippen molar-refractivity contribution in [1.82, 2.24) is 19.9 Å². The first-order valence-corrected chi connectivity index (χ1v) is 11.9. The molecule has 3 heterocycles. The smallest absolute Gasteiger partial charge is 0.313 e. The monoisotopic (exact) mass is 480 g/mol.